The Morgan fingerprint density at radius 1 is 1.14 bits per heavy atom. The summed E-state index contributed by atoms with van der Waals surface area (Å²) < 4.78 is 0. The topological polar surface area (TPSA) is 61.4 Å². The van der Waals surface area contributed by atoms with E-state index in [1.165, 1.54) is 0 Å². The van der Waals surface area contributed by atoms with E-state index in [4.69, 9.17) is 0 Å². The summed E-state index contributed by atoms with van der Waals surface area (Å²) in [6.45, 7) is 3.01. The van der Waals surface area contributed by atoms with Gasteiger partial charge in [-0.2, -0.15) is 0 Å². The van der Waals surface area contributed by atoms with Crippen LogP contribution in [0.3, 0.4) is 0 Å². The molecule has 1 aromatic rings. The molecule has 0 aliphatic carbocycles. The maximum Gasteiger partial charge on any atom is 0.239 e. The Kier molecular flexibility index (Phi) is 7.29. The molecule has 0 radical (unpaired) electrons. The van der Waals surface area contributed by atoms with E-state index >= 15 is 0 Å². The average Bonchev–Trinajstić information content (AvgIpc) is 2.49. The summed E-state index contributed by atoms with van der Waals surface area (Å²) in [5, 5.41) is 5.89. The van der Waals surface area contributed by atoms with Gasteiger partial charge in [0.1, 0.15) is 0 Å². The molecule has 21 heavy (non-hydrogen) atoms. The normalized spacial score (nSPS) is 10.0. The minimum absolute atomic E-state index is 0.00231. The number of amides is 2. The Bertz CT molecular complexity index is 455. The van der Waals surface area contributed by atoms with Crippen molar-refractivity contribution in [2.75, 3.05) is 32.5 Å². The number of anilines is 1. The molecular formula is C16H25N3O2. The highest BCUT2D eigenvalue weighted by molar-refractivity contribution is 5.80. The van der Waals surface area contributed by atoms with E-state index in [1.54, 1.807) is 19.0 Å². The summed E-state index contributed by atoms with van der Waals surface area (Å²) in [7, 11) is 3.53. The third kappa shape index (κ3) is 6.79. The van der Waals surface area contributed by atoms with Gasteiger partial charge < -0.3 is 15.5 Å². The number of carbonyl (C=O) groups is 2. The zero-order chi connectivity index (χ0) is 15.7. The third-order valence-corrected chi connectivity index (χ3v) is 3.11. The first-order valence-corrected chi connectivity index (χ1v) is 7.32. The van der Waals surface area contributed by atoms with E-state index < -0.39 is 0 Å². The highest BCUT2D eigenvalue weighted by Gasteiger charge is 2.04. The number of rotatable bonds is 8. The van der Waals surface area contributed by atoms with E-state index in [9.17, 15) is 9.59 Å². The van der Waals surface area contributed by atoms with Gasteiger partial charge in [-0.3, -0.25) is 9.59 Å². The molecule has 0 fully saturated rings. The molecule has 5 heteroatoms. The predicted molar refractivity (Wildman–Crippen MR) is 85.2 cm³/mol. The van der Waals surface area contributed by atoms with Crippen LogP contribution in [0.5, 0.6) is 0 Å². The summed E-state index contributed by atoms with van der Waals surface area (Å²) in [5.74, 6) is 0.127. The molecule has 0 aromatic heterocycles. The number of carbonyl (C=O) groups excluding carboxylic acids is 2. The standard InChI is InChI=1S/C16H25N3O2/c1-4-11-17-15(20)12-18-14-8-5-13(6-9-14)7-10-16(21)19(2)3/h5-6,8-9,18H,4,7,10-12H2,1-3H3,(H,17,20). The lowest BCUT2D eigenvalue weighted by Gasteiger charge is -2.10. The fourth-order valence-electron chi connectivity index (χ4n) is 1.77. The van der Waals surface area contributed by atoms with Crippen molar-refractivity contribution in [2.24, 2.45) is 0 Å². The predicted octanol–water partition coefficient (Wildman–Crippen LogP) is 1.65. The molecule has 0 saturated heterocycles. The second-order valence-electron chi connectivity index (χ2n) is 5.19. The van der Waals surface area contributed by atoms with Gasteiger partial charge in [0, 0.05) is 32.7 Å². The highest BCUT2D eigenvalue weighted by Crippen LogP contribution is 2.11. The molecule has 2 N–H and O–H groups in total. The highest BCUT2D eigenvalue weighted by atomic mass is 16.2. The first-order chi connectivity index (χ1) is 10.0. The molecule has 0 saturated carbocycles. The Morgan fingerprint density at radius 2 is 1.81 bits per heavy atom. The summed E-state index contributed by atoms with van der Waals surface area (Å²) in [6.07, 6.45) is 2.18. The number of nitrogens with one attached hydrogen (secondary N) is 2. The smallest absolute Gasteiger partial charge is 0.239 e. The second kappa shape index (κ2) is 9.00. The fourth-order valence-corrected chi connectivity index (χ4v) is 1.77. The molecule has 1 rings (SSSR count). The third-order valence-electron chi connectivity index (χ3n) is 3.11. The van der Waals surface area contributed by atoms with Crippen LogP contribution in [0.1, 0.15) is 25.3 Å². The first-order valence-electron chi connectivity index (χ1n) is 7.32. The minimum Gasteiger partial charge on any atom is -0.376 e. The van der Waals surface area contributed by atoms with Gasteiger partial charge in [-0.05, 0) is 30.5 Å². The van der Waals surface area contributed by atoms with Gasteiger partial charge in [-0.25, -0.2) is 0 Å². The Hall–Kier alpha value is -2.04. The van der Waals surface area contributed by atoms with Gasteiger partial charge in [0.15, 0.2) is 0 Å². The van der Waals surface area contributed by atoms with E-state index in [2.05, 4.69) is 10.6 Å². The summed E-state index contributed by atoms with van der Waals surface area (Å²) >= 11 is 0. The zero-order valence-corrected chi connectivity index (χ0v) is 13.1. The molecule has 116 valence electrons. The van der Waals surface area contributed by atoms with Gasteiger partial charge in [0.2, 0.25) is 11.8 Å². The van der Waals surface area contributed by atoms with Gasteiger partial charge in [-0.15, -0.1) is 0 Å². The second-order valence-corrected chi connectivity index (χ2v) is 5.19. The molecule has 0 atom stereocenters. The van der Waals surface area contributed by atoms with Crippen molar-refractivity contribution in [3.05, 3.63) is 29.8 Å². The lowest BCUT2D eigenvalue weighted by Crippen LogP contribution is -2.30. The van der Waals surface area contributed by atoms with E-state index in [1.807, 2.05) is 31.2 Å². The van der Waals surface area contributed by atoms with Crippen LogP contribution >= 0.6 is 0 Å². The molecule has 0 aliphatic heterocycles. The zero-order valence-electron chi connectivity index (χ0n) is 13.1. The molecular weight excluding hydrogens is 266 g/mol. The maximum atomic E-state index is 11.5. The fraction of sp³-hybridized carbons (Fsp3) is 0.500. The quantitative estimate of drug-likeness (QED) is 0.765. The molecule has 0 unspecified atom stereocenters. The van der Waals surface area contributed by atoms with Crippen molar-refractivity contribution in [3.8, 4) is 0 Å². The number of benzene rings is 1. The monoisotopic (exact) mass is 291 g/mol. The minimum atomic E-state index is -0.00231. The van der Waals surface area contributed by atoms with Crippen LogP contribution in [0.15, 0.2) is 24.3 Å². The Balaban J connectivity index is 2.36. The van der Waals surface area contributed by atoms with Gasteiger partial charge in [0.25, 0.3) is 0 Å². The van der Waals surface area contributed by atoms with Crippen LogP contribution in [0.2, 0.25) is 0 Å². The number of hydrogen-bond acceptors (Lipinski definition) is 3. The van der Waals surface area contributed by atoms with Crippen LogP contribution in [0.4, 0.5) is 5.69 Å². The average molecular weight is 291 g/mol. The van der Waals surface area contributed by atoms with Crippen molar-refractivity contribution >= 4 is 17.5 Å². The van der Waals surface area contributed by atoms with Gasteiger partial charge in [-0.1, -0.05) is 19.1 Å². The molecule has 0 aliphatic rings. The van der Waals surface area contributed by atoms with Crippen LogP contribution in [0.25, 0.3) is 0 Å². The summed E-state index contributed by atoms with van der Waals surface area (Å²) in [4.78, 5) is 24.6. The Morgan fingerprint density at radius 3 is 2.38 bits per heavy atom. The number of hydrogen-bond donors (Lipinski definition) is 2. The first kappa shape index (κ1) is 17.0. The van der Waals surface area contributed by atoms with E-state index in [-0.39, 0.29) is 18.4 Å². The largest absolute Gasteiger partial charge is 0.376 e. The van der Waals surface area contributed by atoms with Crippen molar-refractivity contribution in [3.63, 3.8) is 0 Å². The lowest BCUT2D eigenvalue weighted by atomic mass is 10.1. The number of nitrogens with zero attached hydrogens (tertiary/aromatic N) is 1. The van der Waals surface area contributed by atoms with E-state index in [0.717, 1.165) is 24.1 Å². The SMILES string of the molecule is CCCNC(=O)CNc1ccc(CCC(=O)N(C)C)cc1. The molecule has 5 nitrogen and oxygen atoms in total. The molecule has 1 aromatic carbocycles. The summed E-state index contributed by atoms with van der Waals surface area (Å²) in [6, 6.07) is 7.83. The van der Waals surface area contributed by atoms with Gasteiger partial charge >= 0.3 is 0 Å². The molecule has 2 amide bonds. The van der Waals surface area contributed by atoms with Crippen molar-refractivity contribution in [1.29, 1.82) is 0 Å². The van der Waals surface area contributed by atoms with Gasteiger partial charge in [0.05, 0.1) is 6.54 Å². The van der Waals surface area contributed by atoms with Crippen molar-refractivity contribution in [1.82, 2.24) is 10.2 Å². The van der Waals surface area contributed by atoms with Crippen LogP contribution in [-0.2, 0) is 16.0 Å². The van der Waals surface area contributed by atoms with Crippen molar-refractivity contribution in [2.45, 2.75) is 26.2 Å². The van der Waals surface area contributed by atoms with Crippen LogP contribution < -0.4 is 10.6 Å². The molecule has 0 heterocycles. The lowest BCUT2D eigenvalue weighted by molar-refractivity contribution is -0.128. The van der Waals surface area contributed by atoms with E-state index in [0.29, 0.717) is 13.0 Å². The van der Waals surface area contributed by atoms with Crippen molar-refractivity contribution < 1.29 is 9.59 Å². The Labute approximate surface area is 126 Å². The number of aryl methyl sites for hydroxylation is 1. The van der Waals surface area contributed by atoms with Crippen LogP contribution in [0, 0.1) is 0 Å². The molecule has 0 bridgehead atoms. The summed E-state index contributed by atoms with van der Waals surface area (Å²) in [5.41, 5.74) is 2.02. The maximum absolute atomic E-state index is 11.5. The van der Waals surface area contributed by atoms with Crippen LogP contribution in [-0.4, -0.2) is 43.9 Å². The molecule has 0 spiro atoms.